The zero-order valence-corrected chi connectivity index (χ0v) is 21.7. The van der Waals surface area contributed by atoms with Crippen molar-refractivity contribution < 1.29 is 43.4 Å². The maximum Gasteiger partial charge on any atom is 0.137 e. The number of aromatic hydroxyl groups is 2. The van der Waals surface area contributed by atoms with Gasteiger partial charge in [-0.05, 0) is 78.2 Å². The highest BCUT2D eigenvalue weighted by molar-refractivity contribution is 5.92. The molecule has 0 saturated heterocycles. The van der Waals surface area contributed by atoms with Crippen LogP contribution in [0.2, 0.25) is 0 Å². The summed E-state index contributed by atoms with van der Waals surface area (Å²) in [7, 11) is 6.46. The van der Waals surface area contributed by atoms with Gasteiger partial charge < -0.3 is 48.0 Å². The van der Waals surface area contributed by atoms with Crippen LogP contribution in [0.3, 0.4) is 0 Å². The lowest BCUT2D eigenvalue weighted by Gasteiger charge is -2.23. The fourth-order valence-electron chi connectivity index (χ4n) is 3.98. The van der Waals surface area contributed by atoms with E-state index in [9.17, 15) is 10.2 Å². The lowest BCUT2D eigenvalue weighted by atomic mass is 10.1. The van der Waals surface area contributed by atoms with Crippen LogP contribution in [0.25, 0.3) is 22.2 Å². The molecule has 0 saturated carbocycles. The Morgan fingerprint density at radius 2 is 1.48 bits per heavy atom. The number of phenolic OH excluding ortho intramolecular Hbond substituents is 2. The summed E-state index contributed by atoms with van der Waals surface area (Å²) in [6.45, 7) is 4.38. The third kappa shape index (κ3) is 5.81. The van der Waals surface area contributed by atoms with Crippen molar-refractivity contribution in [3.8, 4) is 28.5 Å². The highest BCUT2D eigenvalue weighted by Gasteiger charge is 2.17. The molecule has 0 atom stereocenters. The van der Waals surface area contributed by atoms with Crippen molar-refractivity contribution in [3.05, 3.63) is 77.9 Å². The molecule has 6 heteroatoms. The van der Waals surface area contributed by atoms with Crippen molar-refractivity contribution in [1.82, 2.24) is 4.57 Å². The second-order valence-corrected chi connectivity index (χ2v) is 9.31. The van der Waals surface area contributed by atoms with Gasteiger partial charge in [-0.1, -0.05) is 12.1 Å². The Morgan fingerprint density at radius 3 is 2.12 bits per heavy atom. The average Bonchev–Trinajstić information content (AvgIpc) is 3.00. The van der Waals surface area contributed by atoms with Gasteiger partial charge in [0.1, 0.15) is 30.4 Å². The van der Waals surface area contributed by atoms with Crippen LogP contribution < -0.4 is 28.7 Å². The summed E-state index contributed by atoms with van der Waals surface area (Å²) in [4.78, 5) is 0. The van der Waals surface area contributed by atoms with Crippen molar-refractivity contribution >= 4 is 10.9 Å². The molecule has 2 N–H and O–H groups in total. The molecule has 0 aliphatic heterocycles. The lowest BCUT2D eigenvalue weighted by Crippen LogP contribution is -3.00. The summed E-state index contributed by atoms with van der Waals surface area (Å²) in [6.07, 6.45) is 0. The summed E-state index contributed by atoms with van der Waals surface area (Å²) in [6, 6.07) is 21.0. The van der Waals surface area contributed by atoms with E-state index in [2.05, 4.69) is 44.8 Å². The number of benzene rings is 3. The molecule has 0 fully saturated rings. The van der Waals surface area contributed by atoms with Crippen molar-refractivity contribution in [1.29, 1.82) is 0 Å². The molecule has 1 heterocycles. The first kappa shape index (κ1) is 24.9. The number of hydrogen-bond acceptors (Lipinski definition) is 3. The van der Waals surface area contributed by atoms with Crippen LogP contribution in [0.5, 0.6) is 17.2 Å². The Labute approximate surface area is 212 Å². The minimum Gasteiger partial charge on any atom is -1.00 e. The average molecular weight is 558 g/mol. The quantitative estimate of drug-likeness (QED) is 0.270. The molecule has 0 aliphatic rings. The largest absolute Gasteiger partial charge is 1.00 e. The summed E-state index contributed by atoms with van der Waals surface area (Å²) in [5.41, 5.74) is 5.42. The Hall–Kier alpha value is -2.71. The highest BCUT2D eigenvalue weighted by atomic mass is 127. The molecule has 0 radical (unpaired) electrons. The predicted molar refractivity (Wildman–Crippen MR) is 129 cm³/mol. The van der Waals surface area contributed by atoms with Crippen LogP contribution in [0.1, 0.15) is 11.1 Å². The molecule has 5 nitrogen and oxygen atoms in total. The summed E-state index contributed by atoms with van der Waals surface area (Å²) < 4.78 is 9.04. The Morgan fingerprint density at radius 1 is 0.848 bits per heavy atom. The minimum atomic E-state index is 0. The van der Waals surface area contributed by atoms with Gasteiger partial charge in [-0.15, -0.1) is 0 Å². The van der Waals surface area contributed by atoms with E-state index in [0.717, 1.165) is 50.1 Å². The maximum atomic E-state index is 10.0. The van der Waals surface area contributed by atoms with Crippen molar-refractivity contribution in [2.24, 2.45) is 0 Å². The van der Waals surface area contributed by atoms with E-state index in [1.165, 1.54) is 0 Å². The Balaban J connectivity index is 0.00000306. The van der Waals surface area contributed by atoms with Gasteiger partial charge in [-0.2, -0.15) is 0 Å². The number of phenols is 2. The van der Waals surface area contributed by atoms with Gasteiger partial charge in [0.05, 0.1) is 26.8 Å². The topological polar surface area (TPSA) is 54.6 Å². The molecule has 4 rings (SSSR count). The number of halogens is 1. The van der Waals surface area contributed by atoms with E-state index >= 15 is 0 Å². The Kier molecular flexibility index (Phi) is 7.59. The van der Waals surface area contributed by atoms with Crippen LogP contribution in [0.4, 0.5) is 0 Å². The lowest BCUT2D eigenvalue weighted by molar-refractivity contribution is -0.870. The molecule has 4 aromatic rings. The van der Waals surface area contributed by atoms with Crippen LogP contribution in [0, 0.1) is 6.92 Å². The van der Waals surface area contributed by atoms with E-state index in [4.69, 9.17) is 4.74 Å². The maximum absolute atomic E-state index is 10.0. The van der Waals surface area contributed by atoms with Crippen LogP contribution in [-0.4, -0.2) is 53.6 Å². The number of quaternary nitrogens is 1. The number of nitrogens with zero attached hydrogens (tertiary/aromatic N) is 2. The van der Waals surface area contributed by atoms with Crippen molar-refractivity contribution in [2.75, 3.05) is 34.3 Å². The monoisotopic (exact) mass is 558 g/mol. The number of hydrogen-bond donors (Lipinski definition) is 2. The second-order valence-electron chi connectivity index (χ2n) is 9.31. The van der Waals surface area contributed by atoms with E-state index in [1.807, 2.05) is 36.4 Å². The molecule has 0 aliphatic carbocycles. The fraction of sp³-hybridized carbons (Fsp3) is 0.259. The van der Waals surface area contributed by atoms with E-state index < -0.39 is 0 Å². The van der Waals surface area contributed by atoms with Crippen molar-refractivity contribution in [2.45, 2.75) is 13.5 Å². The van der Waals surface area contributed by atoms with Gasteiger partial charge in [0.25, 0.3) is 0 Å². The Bertz CT molecular complexity index is 1220. The van der Waals surface area contributed by atoms with Crippen molar-refractivity contribution in [3.63, 3.8) is 0 Å². The first-order chi connectivity index (χ1) is 15.2. The first-order valence-electron chi connectivity index (χ1n) is 10.8. The van der Waals surface area contributed by atoms with Crippen LogP contribution >= 0.6 is 0 Å². The van der Waals surface area contributed by atoms with Crippen LogP contribution in [-0.2, 0) is 6.54 Å². The molecular formula is C27H31IN2O3. The zero-order valence-electron chi connectivity index (χ0n) is 19.5. The summed E-state index contributed by atoms with van der Waals surface area (Å²) in [5, 5.41) is 20.8. The number of aryl methyl sites for hydroxylation is 1. The van der Waals surface area contributed by atoms with E-state index in [-0.39, 0.29) is 35.5 Å². The molecule has 0 amide bonds. The molecule has 1 aromatic heterocycles. The minimum absolute atomic E-state index is 0. The van der Waals surface area contributed by atoms with Gasteiger partial charge in [-0.3, -0.25) is 0 Å². The third-order valence-corrected chi connectivity index (χ3v) is 5.74. The molecule has 0 bridgehead atoms. The highest BCUT2D eigenvalue weighted by Crippen LogP contribution is 2.36. The summed E-state index contributed by atoms with van der Waals surface area (Å²) >= 11 is 0. The molecule has 33 heavy (non-hydrogen) atoms. The summed E-state index contributed by atoms with van der Waals surface area (Å²) in [5.74, 6) is 1.37. The van der Waals surface area contributed by atoms with Gasteiger partial charge in [0, 0.05) is 17.4 Å². The van der Waals surface area contributed by atoms with E-state index in [1.54, 1.807) is 18.2 Å². The van der Waals surface area contributed by atoms with Crippen LogP contribution in [0.15, 0.2) is 66.7 Å². The number of likely N-dealkylation sites (N-methyl/N-ethyl adjacent to an activating group) is 1. The zero-order chi connectivity index (χ0) is 22.9. The molecular weight excluding hydrogens is 527 g/mol. The van der Waals surface area contributed by atoms with Gasteiger partial charge in [-0.25, -0.2) is 0 Å². The number of fused-ring (bicyclic) bond motifs is 1. The smallest absolute Gasteiger partial charge is 0.137 e. The number of ether oxygens (including phenoxy) is 1. The SMILES string of the molecule is Cc1c(-c2ccc(O)cc2)n(Cc2ccc(OCC[N+](C)(C)C)cc2)c2ccc(O)cc12.[I-]. The van der Waals surface area contributed by atoms with Gasteiger partial charge in [0.15, 0.2) is 0 Å². The molecule has 3 aromatic carbocycles. The van der Waals surface area contributed by atoms with E-state index in [0.29, 0.717) is 13.2 Å². The van der Waals surface area contributed by atoms with Gasteiger partial charge in [0.2, 0.25) is 0 Å². The first-order valence-corrected chi connectivity index (χ1v) is 10.8. The van der Waals surface area contributed by atoms with Gasteiger partial charge >= 0.3 is 0 Å². The standard InChI is InChI=1S/C27H30N2O3.HI/c1-19-25-17-23(31)11-14-26(25)28(27(19)21-7-9-22(30)10-8-21)18-20-5-12-24(13-6-20)32-16-15-29(2,3)4;/h5-14,17H,15-16,18H2,1-4H3,(H-,30,31);1H. The predicted octanol–water partition coefficient (Wildman–Crippen LogP) is 2.17. The fourth-order valence-corrected chi connectivity index (χ4v) is 3.98. The third-order valence-electron chi connectivity index (χ3n) is 5.74. The molecule has 174 valence electrons. The number of aromatic nitrogens is 1. The normalized spacial score (nSPS) is 11.4. The second kappa shape index (κ2) is 10.1. The molecule has 0 unspecified atom stereocenters. The molecule has 0 spiro atoms. The number of rotatable bonds is 7.